The van der Waals surface area contributed by atoms with Gasteiger partial charge < -0.3 is 14.2 Å². The summed E-state index contributed by atoms with van der Waals surface area (Å²) in [6, 6.07) is 6.35. The summed E-state index contributed by atoms with van der Waals surface area (Å²) in [6.45, 7) is 2.50. The van der Waals surface area contributed by atoms with Crippen molar-refractivity contribution in [2.75, 3.05) is 33.9 Å². The van der Waals surface area contributed by atoms with Crippen LogP contribution < -0.4 is 9.47 Å². The number of fused-ring (bicyclic) bond motifs is 3. The molecule has 2 atom stereocenters. The molecule has 2 heterocycles. The molecule has 1 aromatic rings. The van der Waals surface area contributed by atoms with E-state index in [0.29, 0.717) is 6.04 Å². The molecule has 0 spiro atoms. The Bertz CT molecular complexity index is 435. The Labute approximate surface area is 107 Å². The van der Waals surface area contributed by atoms with E-state index in [9.17, 15) is 0 Å². The number of likely N-dealkylation sites (N-methyl/N-ethyl adjacent to an activating group) is 1. The van der Waals surface area contributed by atoms with Crippen LogP contribution in [-0.4, -0.2) is 44.9 Å². The SMILES string of the molecule is COc1ccc2c(c1)C1OCCN(C)C1CCO2. The first-order valence-corrected chi connectivity index (χ1v) is 6.42. The Morgan fingerprint density at radius 2 is 2.22 bits per heavy atom. The van der Waals surface area contributed by atoms with Gasteiger partial charge in [-0.2, -0.15) is 0 Å². The van der Waals surface area contributed by atoms with Crippen molar-refractivity contribution >= 4 is 0 Å². The van der Waals surface area contributed by atoms with Gasteiger partial charge in [-0.1, -0.05) is 0 Å². The highest BCUT2D eigenvalue weighted by molar-refractivity contribution is 5.43. The number of benzene rings is 1. The Morgan fingerprint density at radius 3 is 3.06 bits per heavy atom. The quantitative estimate of drug-likeness (QED) is 0.760. The summed E-state index contributed by atoms with van der Waals surface area (Å²) < 4.78 is 17.1. The van der Waals surface area contributed by atoms with Gasteiger partial charge in [-0.25, -0.2) is 0 Å². The molecule has 1 saturated heterocycles. The average Bonchev–Trinajstić information content (AvgIpc) is 2.58. The van der Waals surface area contributed by atoms with E-state index in [0.717, 1.165) is 43.2 Å². The topological polar surface area (TPSA) is 30.9 Å². The molecule has 1 aromatic carbocycles. The highest BCUT2D eigenvalue weighted by Crippen LogP contribution is 2.39. The van der Waals surface area contributed by atoms with Gasteiger partial charge in [-0.15, -0.1) is 0 Å². The van der Waals surface area contributed by atoms with Crippen LogP contribution in [0.25, 0.3) is 0 Å². The van der Waals surface area contributed by atoms with Crippen LogP contribution in [0.3, 0.4) is 0 Å². The molecular weight excluding hydrogens is 230 g/mol. The van der Waals surface area contributed by atoms with Gasteiger partial charge in [0.2, 0.25) is 0 Å². The van der Waals surface area contributed by atoms with Crippen LogP contribution in [-0.2, 0) is 4.74 Å². The number of nitrogens with zero attached hydrogens (tertiary/aromatic N) is 1. The predicted molar refractivity (Wildman–Crippen MR) is 68.2 cm³/mol. The van der Waals surface area contributed by atoms with Crippen molar-refractivity contribution in [3.63, 3.8) is 0 Å². The third-order valence-electron chi connectivity index (χ3n) is 3.85. The first kappa shape index (κ1) is 11.8. The van der Waals surface area contributed by atoms with Gasteiger partial charge in [-0.3, -0.25) is 4.90 Å². The molecule has 3 rings (SSSR count). The number of hydrogen-bond acceptors (Lipinski definition) is 4. The molecule has 2 unspecified atom stereocenters. The number of morpholine rings is 1. The number of hydrogen-bond donors (Lipinski definition) is 0. The van der Waals surface area contributed by atoms with Gasteiger partial charge in [0.15, 0.2) is 0 Å². The third-order valence-corrected chi connectivity index (χ3v) is 3.85. The molecule has 4 heteroatoms. The van der Waals surface area contributed by atoms with Gasteiger partial charge >= 0.3 is 0 Å². The number of methoxy groups -OCH3 is 1. The van der Waals surface area contributed by atoms with Crippen molar-refractivity contribution in [2.45, 2.75) is 18.6 Å². The number of ether oxygens (including phenoxy) is 3. The molecule has 0 N–H and O–H groups in total. The average molecular weight is 249 g/mol. The van der Waals surface area contributed by atoms with E-state index in [1.807, 2.05) is 18.2 Å². The lowest BCUT2D eigenvalue weighted by atomic mass is 9.97. The lowest BCUT2D eigenvalue weighted by Crippen LogP contribution is -2.44. The van der Waals surface area contributed by atoms with Crippen LogP contribution in [0, 0.1) is 0 Å². The maximum absolute atomic E-state index is 5.98. The maximum atomic E-state index is 5.98. The first-order valence-electron chi connectivity index (χ1n) is 6.42. The highest BCUT2D eigenvalue weighted by Gasteiger charge is 2.35. The van der Waals surface area contributed by atoms with Crippen molar-refractivity contribution in [1.29, 1.82) is 0 Å². The Kier molecular flexibility index (Phi) is 3.14. The molecule has 0 aliphatic carbocycles. The predicted octanol–water partition coefficient (Wildman–Crippen LogP) is 1.85. The van der Waals surface area contributed by atoms with Crippen LogP contribution >= 0.6 is 0 Å². The molecule has 1 fully saturated rings. The van der Waals surface area contributed by atoms with Crippen molar-refractivity contribution in [2.24, 2.45) is 0 Å². The Hall–Kier alpha value is -1.26. The van der Waals surface area contributed by atoms with Gasteiger partial charge in [-0.05, 0) is 31.7 Å². The smallest absolute Gasteiger partial charge is 0.125 e. The second-order valence-electron chi connectivity index (χ2n) is 4.88. The minimum Gasteiger partial charge on any atom is -0.497 e. The standard InChI is InChI=1S/C14H19NO3/c1-15-6-8-18-14-11-9-10(16-2)3-4-13(11)17-7-5-12(14)15/h3-4,9,12,14H,5-8H2,1-2H3. The minimum absolute atomic E-state index is 0.0938. The Morgan fingerprint density at radius 1 is 1.33 bits per heavy atom. The molecule has 0 aromatic heterocycles. The summed E-state index contributed by atoms with van der Waals surface area (Å²) in [5.41, 5.74) is 1.11. The molecular formula is C14H19NO3. The second-order valence-corrected chi connectivity index (χ2v) is 4.88. The lowest BCUT2D eigenvalue weighted by molar-refractivity contribution is -0.0645. The van der Waals surface area contributed by atoms with E-state index in [1.165, 1.54) is 0 Å². The van der Waals surface area contributed by atoms with Crippen LogP contribution in [0.2, 0.25) is 0 Å². The monoisotopic (exact) mass is 249 g/mol. The van der Waals surface area contributed by atoms with Gasteiger partial charge in [0.25, 0.3) is 0 Å². The van der Waals surface area contributed by atoms with Crippen molar-refractivity contribution < 1.29 is 14.2 Å². The molecule has 0 bridgehead atoms. The first-order chi connectivity index (χ1) is 8.79. The summed E-state index contributed by atoms with van der Waals surface area (Å²) in [7, 11) is 3.84. The van der Waals surface area contributed by atoms with E-state index in [4.69, 9.17) is 14.2 Å². The minimum atomic E-state index is 0.0938. The van der Waals surface area contributed by atoms with Gasteiger partial charge in [0, 0.05) is 18.2 Å². The van der Waals surface area contributed by atoms with Crippen molar-refractivity contribution in [1.82, 2.24) is 4.90 Å². The van der Waals surface area contributed by atoms with E-state index in [-0.39, 0.29) is 6.10 Å². The van der Waals surface area contributed by atoms with E-state index in [2.05, 4.69) is 11.9 Å². The maximum Gasteiger partial charge on any atom is 0.125 e. The van der Waals surface area contributed by atoms with Crippen LogP contribution in [0.4, 0.5) is 0 Å². The molecule has 0 radical (unpaired) electrons. The molecule has 2 aliphatic heterocycles. The summed E-state index contributed by atoms with van der Waals surface area (Å²) >= 11 is 0. The summed E-state index contributed by atoms with van der Waals surface area (Å²) in [6.07, 6.45) is 1.09. The van der Waals surface area contributed by atoms with Gasteiger partial charge in [0.05, 0.1) is 20.3 Å². The van der Waals surface area contributed by atoms with Crippen LogP contribution in [0.1, 0.15) is 18.1 Å². The van der Waals surface area contributed by atoms with Crippen LogP contribution in [0.5, 0.6) is 11.5 Å². The summed E-state index contributed by atoms with van der Waals surface area (Å²) in [4.78, 5) is 2.37. The zero-order chi connectivity index (χ0) is 12.5. The molecule has 98 valence electrons. The normalized spacial score (nSPS) is 27.7. The van der Waals surface area contributed by atoms with E-state index >= 15 is 0 Å². The highest BCUT2D eigenvalue weighted by atomic mass is 16.5. The molecule has 0 saturated carbocycles. The fraction of sp³-hybridized carbons (Fsp3) is 0.571. The lowest BCUT2D eigenvalue weighted by Gasteiger charge is -2.38. The molecule has 4 nitrogen and oxygen atoms in total. The Balaban J connectivity index is 2.01. The molecule has 18 heavy (non-hydrogen) atoms. The van der Waals surface area contributed by atoms with Crippen molar-refractivity contribution in [3.8, 4) is 11.5 Å². The largest absolute Gasteiger partial charge is 0.497 e. The molecule has 0 amide bonds. The second kappa shape index (κ2) is 4.78. The zero-order valence-corrected chi connectivity index (χ0v) is 10.9. The van der Waals surface area contributed by atoms with E-state index < -0.39 is 0 Å². The summed E-state index contributed by atoms with van der Waals surface area (Å²) in [5.74, 6) is 1.79. The fourth-order valence-corrected chi connectivity index (χ4v) is 2.80. The van der Waals surface area contributed by atoms with Gasteiger partial charge in [0.1, 0.15) is 17.6 Å². The van der Waals surface area contributed by atoms with Crippen molar-refractivity contribution in [3.05, 3.63) is 23.8 Å². The van der Waals surface area contributed by atoms with Crippen LogP contribution in [0.15, 0.2) is 18.2 Å². The zero-order valence-electron chi connectivity index (χ0n) is 10.9. The molecule has 2 aliphatic rings. The summed E-state index contributed by atoms with van der Waals surface area (Å²) in [5, 5.41) is 0. The fourth-order valence-electron chi connectivity index (χ4n) is 2.80. The third kappa shape index (κ3) is 1.95. The number of rotatable bonds is 1. The van der Waals surface area contributed by atoms with E-state index in [1.54, 1.807) is 7.11 Å².